The smallest absolute Gasteiger partial charge is 0.161 e. The van der Waals surface area contributed by atoms with Crippen molar-refractivity contribution in [1.82, 2.24) is 2.78 Å². The molecule has 0 fully saturated rings. The van der Waals surface area contributed by atoms with Crippen molar-refractivity contribution in [1.29, 1.82) is 0 Å². The molecule has 48 valence electrons. The quantitative estimate of drug-likeness (QED) is 0.538. The Morgan fingerprint density at radius 2 is 2.44 bits per heavy atom. The number of ketones is 1. The van der Waals surface area contributed by atoms with Crippen LogP contribution in [-0.2, 0) is 0 Å². The lowest BCUT2D eigenvalue weighted by molar-refractivity contribution is 0.101. The highest BCUT2D eigenvalue weighted by Gasteiger charge is 1.97. The fourth-order valence-electron chi connectivity index (χ4n) is 0.579. The van der Waals surface area contributed by atoms with Gasteiger partial charge in [-0.3, -0.25) is 7.58 Å². The van der Waals surface area contributed by atoms with E-state index in [-0.39, 0.29) is 5.78 Å². The fourth-order valence-corrected chi connectivity index (χ4v) is 1.04. The summed E-state index contributed by atoms with van der Waals surface area (Å²) in [5, 5.41) is 0. The molecule has 1 rings (SSSR count). The molecule has 1 heterocycles. The molecule has 0 unspecified atom stereocenters. The molecule has 0 saturated heterocycles. The first-order valence-corrected chi connectivity index (χ1v) is 3.52. The van der Waals surface area contributed by atoms with Gasteiger partial charge in [-0.25, -0.2) is 0 Å². The zero-order valence-electron chi connectivity index (χ0n) is 4.97. The van der Waals surface area contributed by atoms with E-state index in [0.29, 0.717) is 0 Å². The molecular formula is C6H6INO. The molecule has 1 aromatic rings. The lowest BCUT2D eigenvalue weighted by atomic mass is 10.2. The van der Waals surface area contributed by atoms with Crippen molar-refractivity contribution >= 4 is 28.6 Å². The normalized spacial score (nSPS) is 9.56. The van der Waals surface area contributed by atoms with Gasteiger partial charge in [0.1, 0.15) is 0 Å². The Morgan fingerprint density at radius 1 is 1.78 bits per heavy atom. The summed E-state index contributed by atoms with van der Waals surface area (Å²) >= 11 is 2.10. The highest BCUT2D eigenvalue weighted by molar-refractivity contribution is 14.1. The van der Waals surface area contributed by atoms with E-state index in [9.17, 15) is 4.79 Å². The van der Waals surface area contributed by atoms with Crippen LogP contribution in [0.25, 0.3) is 0 Å². The Labute approximate surface area is 67.4 Å². The van der Waals surface area contributed by atoms with Crippen molar-refractivity contribution in [2.24, 2.45) is 0 Å². The van der Waals surface area contributed by atoms with Crippen LogP contribution >= 0.6 is 22.9 Å². The van der Waals surface area contributed by atoms with E-state index in [1.807, 2.05) is 8.98 Å². The zero-order valence-corrected chi connectivity index (χ0v) is 7.12. The molecule has 0 spiro atoms. The van der Waals surface area contributed by atoms with Gasteiger partial charge in [-0.15, -0.1) is 0 Å². The maximum Gasteiger partial charge on any atom is 0.161 e. The summed E-state index contributed by atoms with van der Waals surface area (Å²) in [7, 11) is 0. The van der Waals surface area contributed by atoms with Gasteiger partial charge in [0.05, 0.1) is 22.9 Å². The highest BCUT2D eigenvalue weighted by atomic mass is 127. The number of carbonyl (C=O) groups is 1. The molecule has 0 amide bonds. The van der Waals surface area contributed by atoms with Gasteiger partial charge in [-0.2, -0.15) is 0 Å². The standard InChI is InChI=1S/C6H6INO/c1-5(9)6-2-3-8(7)4-6/h2-4H,1H3. The molecule has 0 aromatic carbocycles. The molecule has 2 nitrogen and oxygen atoms in total. The minimum absolute atomic E-state index is 0.116. The van der Waals surface area contributed by atoms with Crippen LogP contribution in [0.3, 0.4) is 0 Å². The van der Waals surface area contributed by atoms with Gasteiger partial charge in [0.2, 0.25) is 0 Å². The third kappa shape index (κ3) is 1.54. The van der Waals surface area contributed by atoms with Crippen molar-refractivity contribution < 1.29 is 4.79 Å². The summed E-state index contributed by atoms with van der Waals surface area (Å²) < 4.78 is 1.83. The molecule has 0 atom stereocenters. The average molecular weight is 235 g/mol. The van der Waals surface area contributed by atoms with Crippen LogP contribution in [0.15, 0.2) is 18.5 Å². The van der Waals surface area contributed by atoms with Crippen LogP contribution in [-0.4, -0.2) is 8.56 Å². The topological polar surface area (TPSA) is 22.0 Å². The van der Waals surface area contributed by atoms with Crippen LogP contribution in [0.4, 0.5) is 0 Å². The van der Waals surface area contributed by atoms with Gasteiger partial charge < -0.3 is 0 Å². The Hall–Kier alpha value is -0.320. The van der Waals surface area contributed by atoms with E-state index in [4.69, 9.17) is 0 Å². The first kappa shape index (κ1) is 6.80. The van der Waals surface area contributed by atoms with Crippen LogP contribution < -0.4 is 0 Å². The predicted octanol–water partition coefficient (Wildman–Crippen LogP) is 1.89. The second kappa shape index (κ2) is 2.51. The molecule has 0 bridgehead atoms. The van der Waals surface area contributed by atoms with E-state index >= 15 is 0 Å². The van der Waals surface area contributed by atoms with E-state index < -0.39 is 0 Å². The Kier molecular flexibility index (Phi) is 1.90. The largest absolute Gasteiger partial charge is 0.297 e. The van der Waals surface area contributed by atoms with Gasteiger partial charge in [0, 0.05) is 18.0 Å². The summed E-state index contributed by atoms with van der Waals surface area (Å²) in [6.45, 7) is 1.56. The third-order valence-electron chi connectivity index (χ3n) is 1.07. The second-order valence-electron chi connectivity index (χ2n) is 1.80. The zero-order chi connectivity index (χ0) is 6.85. The number of hydrogen-bond acceptors (Lipinski definition) is 1. The van der Waals surface area contributed by atoms with E-state index in [2.05, 4.69) is 22.9 Å². The summed E-state index contributed by atoms with van der Waals surface area (Å²) in [4.78, 5) is 10.6. The maximum atomic E-state index is 10.6. The van der Waals surface area contributed by atoms with E-state index in [1.54, 1.807) is 19.2 Å². The van der Waals surface area contributed by atoms with Gasteiger partial charge in [-0.1, -0.05) is 0 Å². The number of rotatable bonds is 1. The molecule has 3 heteroatoms. The van der Waals surface area contributed by atoms with Crippen LogP contribution in [0.5, 0.6) is 0 Å². The molecule has 0 radical (unpaired) electrons. The number of hydrogen-bond donors (Lipinski definition) is 0. The van der Waals surface area contributed by atoms with Crippen LogP contribution in [0.1, 0.15) is 17.3 Å². The molecular weight excluding hydrogens is 229 g/mol. The Morgan fingerprint density at radius 3 is 2.67 bits per heavy atom. The molecule has 0 N–H and O–H groups in total. The summed E-state index contributed by atoms with van der Waals surface area (Å²) in [6, 6.07) is 1.80. The maximum absolute atomic E-state index is 10.6. The minimum Gasteiger partial charge on any atom is -0.297 e. The molecule has 0 saturated carbocycles. The lowest BCUT2D eigenvalue weighted by Crippen LogP contribution is -1.86. The van der Waals surface area contributed by atoms with Crippen LogP contribution in [0.2, 0.25) is 0 Å². The fraction of sp³-hybridized carbons (Fsp3) is 0.167. The van der Waals surface area contributed by atoms with Crippen molar-refractivity contribution in [2.45, 2.75) is 6.92 Å². The van der Waals surface area contributed by atoms with Gasteiger partial charge in [0.15, 0.2) is 5.78 Å². The molecule has 0 aliphatic carbocycles. The predicted molar refractivity (Wildman–Crippen MR) is 43.9 cm³/mol. The summed E-state index contributed by atoms with van der Waals surface area (Å²) in [5.41, 5.74) is 0.768. The molecule has 9 heavy (non-hydrogen) atoms. The average Bonchev–Trinajstić information content (AvgIpc) is 2.14. The van der Waals surface area contributed by atoms with Gasteiger partial charge >= 0.3 is 0 Å². The van der Waals surface area contributed by atoms with Crippen molar-refractivity contribution in [3.63, 3.8) is 0 Å². The Bertz CT molecular complexity index is 229. The number of aromatic nitrogens is 1. The number of nitrogens with zero attached hydrogens (tertiary/aromatic N) is 1. The van der Waals surface area contributed by atoms with Crippen molar-refractivity contribution in [3.05, 3.63) is 24.0 Å². The van der Waals surface area contributed by atoms with E-state index in [1.165, 1.54) is 0 Å². The third-order valence-corrected chi connectivity index (χ3v) is 1.67. The monoisotopic (exact) mass is 235 g/mol. The number of carbonyl (C=O) groups excluding carboxylic acids is 1. The minimum atomic E-state index is 0.116. The van der Waals surface area contributed by atoms with Gasteiger partial charge in [-0.05, 0) is 13.0 Å². The first-order valence-electron chi connectivity index (χ1n) is 2.55. The van der Waals surface area contributed by atoms with Crippen molar-refractivity contribution in [2.75, 3.05) is 0 Å². The number of halogens is 1. The number of Topliss-reactive ketones (excluding diaryl/α,β-unsaturated/α-hetero) is 1. The summed E-state index contributed by atoms with van der Waals surface area (Å²) in [6.07, 6.45) is 3.64. The SMILES string of the molecule is CC(=O)c1ccn(I)c1. The lowest BCUT2D eigenvalue weighted by Gasteiger charge is -1.82. The highest BCUT2D eigenvalue weighted by Crippen LogP contribution is 2.03. The van der Waals surface area contributed by atoms with Crippen molar-refractivity contribution in [3.8, 4) is 0 Å². The van der Waals surface area contributed by atoms with E-state index in [0.717, 1.165) is 5.56 Å². The van der Waals surface area contributed by atoms with Gasteiger partial charge in [0.25, 0.3) is 0 Å². The second-order valence-corrected chi connectivity index (χ2v) is 2.91. The van der Waals surface area contributed by atoms with Crippen LogP contribution in [0, 0.1) is 0 Å². The summed E-state index contributed by atoms with van der Waals surface area (Å²) in [5.74, 6) is 0.116. The molecule has 0 aliphatic heterocycles. The first-order chi connectivity index (χ1) is 4.20. The molecule has 1 aromatic heterocycles. The Balaban J connectivity index is 2.98. The molecule has 0 aliphatic rings.